The zero-order chi connectivity index (χ0) is 14.1. The van der Waals surface area contributed by atoms with E-state index in [0.29, 0.717) is 13.0 Å². The summed E-state index contributed by atoms with van der Waals surface area (Å²) in [5, 5.41) is 30.9. The van der Waals surface area contributed by atoms with E-state index in [4.69, 9.17) is 4.74 Å². The number of hydrogen-bond acceptors (Lipinski definition) is 4. The molecule has 0 aromatic rings. The molecule has 3 aliphatic rings. The number of rotatable bonds is 1. The zero-order valence-corrected chi connectivity index (χ0v) is 11.9. The van der Waals surface area contributed by atoms with E-state index >= 15 is 0 Å². The van der Waals surface area contributed by atoms with Crippen LogP contribution in [-0.4, -0.2) is 45.8 Å². The van der Waals surface area contributed by atoms with Crippen LogP contribution in [0.5, 0.6) is 0 Å². The monoisotopic (exact) mass is 268 g/mol. The Labute approximate surface area is 114 Å². The number of aliphatic hydroxyl groups excluding tert-OH is 3. The second-order valence-electron chi connectivity index (χ2n) is 7.10. The summed E-state index contributed by atoms with van der Waals surface area (Å²) in [6.07, 6.45) is 2.06. The Hall–Kier alpha value is -0.420. The molecular formula is C15H24O4. The molecule has 6 atom stereocenters. The molecule has 0 bridgehead atoms. The molecular weight excluding hydrogens is 244 g/mol. The van der Waals surface area contributed by atoms with Crippen LogP contribution in [0.4, 0.5) is 0 Å². The first-order chi connectivity index (χ1) is 8.77. The lowest BCUT2D eigenvalue weighted by molar-refractivity contribution is -0.0924. The topological polar surface area (TPSA) is 73.2 Å². The molecule has 1 heterocycles. The number of aliphatic hydroxyl groups is 3. The lowest BCUT2D eigenvalue weighted by atomic mass is 9.54. The molecule has 2 fully saturated rings. The van der Waals surface area contributed by atoms with Crippen molar-refractivity contribution in [1.82, 2.24) is 0 Å². The molecule has 1 saturated heterocycles. The Balaban J connectivity index is 2.02. The minimum absolute atomic E-state index is 0.374. The molecule has 0 aromatic heterocycles. The third-order valence-electron chi connectivity index (χ3n) is 6.24. The van der Waals surface area contributed by atoms with Gasteiger partial charge in [-0.25, -0.2) is 0 Å². The molecule has 3 rings (SSSR count). The van der Waals surface area contributed by atoms with Crippen LogP contribution in [0.3, 0.4) is 0 Å². The van der Waals surface area contributed by atoms with E-state index in [1.165, 1.54) is 5.57 Å². The normalized spacial score (nSPS) is 57.4. The quantitative estimate of drug-likeness (QED) is 0.490. The van der Waals surface area contributed by atoms with Crippen LogP contribution in [0.15, 0.2) is 11.6 Å². The van der Waals surface area contributed by atoms with Crippen molar-refractivity contribution in [1.29, 1.82) is 0 Å². The van der Waals surface area contributed by atoms with Gasteiger partial charge in [-0.15, -0.1) is 0 Å². The van der Waals surface area contributed by atoms with Crippen molar-refractivity contribution in [3.8, 4) is 0 Å². The molecule has 0 aromatic carbocycles. The van der Waals surface area contributed by atoms with Crippen molar-refractivity contribution in [3.63, 3.8) is 0 Å². The van der Waals surface area contributed by atoms with Crippen molar-refractivity contribution in [2.75, 3.05) is 6.61 Å². The van der Waals surface area contributed by atoms with Crippen LogP contribution < -0.4 is 0 Å². The molecule has 0 radical (unpaired) electrons. The van der Waals surface area contributed by atoms with Gasteiger partial charge in [0, 0.05) is 10.8 Å². The van der Waals surface area contributed by atoms with Gasteiger partial charge in [0.25, 0.3) is 0 Å². The summed E-state index contributed by atoms with van der Waals surface area (Å²) >= 11 is 0. The number of hydrogen-bond donors (Lipinski definition) is 3. The van der Waals surface area contributed by atoms with E-state index in [9.17, 15) is 15.3 Å². The average Bonchev–Trinajstić information content (AvgIpc) is 3.11. The SMILES string of the molecule is CC1=C[C@H](O)[C@@](C)([C@@]2(C)C[C@@H](O)[C@@H](O)C23CO3)CC1. The third-order valence-corrected chi connectivity index (χ3v) is 6.24. The first-order valence-electron chi connectivity index (χ1n) is 7.12. The Bertz CT molecular complexity index is 428. The fourth-order valence-electron chi connectivity index (χ4n) is 4.37. The number of epoxide rings is 1. The van der Waals surface area contributed by atoms with Crippen LogP contribution in [0.25, 0.3) is 0 Å². The Morgan fingerprint density at radius 2 is 1.89 bits per heavy atom. The molecule has 1 saturated carbocycles. The predicted molar refractivity (Wildman–Crippen MR) is 70.5 cm³/mol. The fraction of sp³-hybridized carbons (Fsp3) is 0.867. The molecule has 1 unspecified atom stereocenters. The Morgan fingerprint density at radius 1 is 1.26 bits per heavy atom. The summed E-state index contributed by atoms with van der Waals surface area (Å²) in [5.41, 5.74) is -0.239. The third kappa shape index (κ3) is 1.49. The van der Waals surface area contributed by atoms with Crippen LogP contribution in [-0.2, 0) is 4.74 Å². The van der Waals surface area contributed by atoms with E-state index in [0.717, 1.165) is 12.8 Å². The minimum atomic E-state index is -0.839. The number of ether oxygens (including phenoxy) is 1. The Morgan fingerprint density at radius 3 is 2.42 bits per heavy atom. The molecule has 3 N–H and O–H groups in total. The maximum absolute atomic E-state index is 10.6. The van der Waals surface area contributed by atoms with E-state index in [2.05, 4.69) is 13.8 Å². The van der Waals surface area contributed by atoms with E-state index in [-0.39, 0.29) is 5.41 Å². The molecule has 19 heavy (non-hydrogen) atoms. The van der Waals surface area contributed by atoms with Crippen LogP contribution in [0, 0.1) is 10.8 Å². The highest BCUT2D eigenvalue weighted by molar-refractivity contribution is 5.27. The molecule has 0 amide bonds. The van der Waals surface area contributed by atoms with Gasteiger partial charge in [0.05, 0.1) is 18.8 Å². The summed E-state index contributed by atoms with van der Waals surface area (Å²) in [7, 11) is 0. The summed E-state index contributed by atoms with van der Waals surface area (Å²) in [4.78, 5) is 0. The van der Waals surface area contributed by atoms with Gasteiger partial charge in [0.2, 0.25) is 0 Å². The summed E-state index contributed by atoms with van der Waals surface area (Å²) in [6.45, 7) is 6.63. The van der Waals surface area contributed by atoms with Gasteiger partial charge in [0.1, 0.15) is 11.7 Å². The highest BCUT2D eigenvalue weighted by atomic mass is 16.6. The molecule has 1 spiro atoms. The maximum atomic E-state index is 10.6. The van der Waals surface area contributed by atoms with Gasteiger partial charge in [-0.1, -0.05) is 25.5 Å². The molecule has 2 aliphatic carbocycles. The first kappa shape index (κ1) is 13.6. The summed E-state index contributed by atoms with van der Waals surface area (Å²) in [6, 6.07) is 0. The van der Waals surface area contributed by atoms with Crippen LogP contribution >= 0.6 is 0 Å². The zero-order valence-electron chi connectivity index (χ0n) is 11.9. The fourth-order valence-corrected chi connectivity index (χ4v) is 4.37. The van der Waals surface area contributed by atoms with Crippen LogP contribution in [0.2, 0.25) is 0 Å². The van der Waals surface area contributed by atoms with Crippen molar-refractivity contribution in [2.24, 2.45) is 10.8 Å². The van der Waals surface area contributed by atoms with Crippen molar-refractivity contribution in [3.05, 3.63) is 11.6 Å². The van der Waals surface area contributed by atoms with Crippen molar-refractivity contribution < 1.29 is 20.1 Å². The standard InChI is InChI=1S/C15H24O4/c1-9-4-5-13(2,11(17)6-9)14(3)7-10(16)12(18)15(14)8-19-15/h6,10-12,16-18H,4-5,7-8H2,1-3H3/t10-,11+,12-,13+,14-,15?/m1/s1. The molecule has 4 nitrogen and oxygen atoms in total. The van der Waals surface area contributed by atoms with Crippen LogP contribution in [0.1, 0.15) is 40.0 Å². The molecule has 108 valence electrons. The summed E-state index contributed by atoms with van der Waals surface area (Å²) < 4.78 is 5.61. The van der Waals surface area contributed by atoms with E-state index in [1.54, 1.807) is 0 Å². The first-order valence-corrected chi connectivity index (χ1v) is 7.12. The second kappa shape index (κ2) is 3.82. The maximum Gasteiger partial charge on any atom is 0.126 e. The number of allylic oxidation sites excluding steroid dienone is 1. The average molecular weight is 268 g/mol. The van der Waals surface area contributed by atoms with Gasteiger partial charge in [-0.3, -0.25) is 0 Å². The van der Waals surface area contributed by atoms with Gasteiger partial charge < -0.3 is 20.1 Å². The largest absolute Gasteiger partial charge is 0.390 e. The molecule has 1 aliphatic heterocycles. The van der Waals surface area contributed by atoms with E-state index < -0.39 is 29.3 Å². The van der Waals surface area contributed by atoms with Gasteiger partial charge in [0.15, 0.2) is 0 Å². The van der Waals surface area contributed by atoms with Gasteiger partial charge >= 0.3 is 0 Å². The lowest BCUT2D eigenvalue weighted by Gasteiger charge is -2.51. The van der Waals surface area contributed by atoms with E-state index in [1.807, 2.05) is 13.0 Å². The summed E-state index contributed by atoms with van der Waals surface area (Å²) in [5.74, 6) is 0. The Kier molecular flexibility index (Phi) is 2.72. The highest BCUT2D eigenvalue weighted by Gasteiger charge is 2.75. The van der Waals surface area contributed by atoms with Gasteiger partial charge in [-0.05, 0) is 26.2 Å². The van der Waals surface area contributed by atoms with Crippen molar-refractivity contribution in [2.45, 2.75) is 63.9 Å². The van der Waals surface area contributed by atoms with Gasteiger partial charge in [-0.2, -0.15) is 0 Å². The lowest BCUT2D eigenvalue weighted by Crippen LogP contribution is -2.54. The smallest absolute Gasteiger partial charge is 0.126 e. The highest BCUT2D eigenvalue weighted by Crippen LogP contribution is 2.66. The predicted octanol–water partition coefficient (Wildman–Crippen LogP) is 0.994. The van der Waals surface area contributed by atoms with Crippen molar-refractivity contribution >= 4 is 0 Å². The second-order valence-corrected chi connectivity index (χ2v) is 7.10. The molecule has 4 heteroatoms. The minimum Gasteiger partial charge on any atom is -0.390 e.